The molecule has 2 aromatic heterocycles. The summed E-state index contributed by atoms with van der Waals surface area (Å²) in [5.41, 5.74) is 6.76. The van der Waals surface area contributed by atoms with Crippen LogP contribution in [0.1, 0.15) is 129 Å². The molecule has 24 nitrogen and oxygen atoms in total. The van der Waals surface area contributed by atoms with Gasteiger partial charge >= 0.3 is 0 Å². The third-order valence-corrected chi connectivity index (χ3v) is 27.5. The summed E-state index contributed by atoms with van der Waals surface area (Å²) in [7, 11) is -1.34. The van der Waals surface area contributed by atoms with Crippen molar-refractivity contribution in [2.45, 2.75) is 113 Å². The molecule has 4 aromatic carbocycles. The van der Waals surface area contributed by atoms with E-state index in [9.17, 15) is 27.6 Å². The second-order valence-corrected chi connectivity index (χ2v) is 35.2. The van der Waals surface area contributed by atoms with Gasteiger partial charge in [-0.25, -0.2) is 8.42 Å². The van der Waals surface area contributed by atoms with Crippen LogP contribution in [-0.2, 0) is 76.5 Å². The smallest absolute Gasteiger partial charge is 0.286 e. The number of rotatable bonds is 6. The Kier molecular flexibility index (Phi) is 21.1. The first-order valence-electron chi connectivity index (χ1n) is 36.9. The Bertz CT molecular complexity index is 4450. The predicted octanol–water partition coefficient (Wildman–Crippen LogP) is 11.0. The lowest BCUT2D eigenvalue weighted by atomic mass is 9.69. The number of ether oxygens (including phenoxy) is 8. The minimum absolute atomic E-state index is 0.0661. The van der Waals surface area contributed by atoms with Gasteiger partial charge in [-0.3, -0.25) is 38.0 Å². The predicted molar refractivity (Wildman–Crippen MR) is 402 cm³/mol. The van der Waals surface area contributed by atoms with Gasteiger partial charge in [-0.1, -0.05) is 73.5 Å². The number of benzene rings is 4. The Labute approximate surface area is 629 Å². The molecule has 4 fully saturated rings. The van der Waals surface area contributed by atoms with E-state index in [1.807, 2.05) is 50.2 Å². The first-order valence-corrected chi connectivity index (χ1v) is 41.0. The molecule has 2 saturated carbocycles. The van der Waals surface area contributed by atoms with Gasteiger partial charge in [0.2, 0.25) is 11.8 Å². The molecule has 106 heavy (non-hydrogen) atoms. The molecule has 2 saturated heterocycles. The van der Waals surface area contributed by atoms with Crippen molar-refractivity contribution < 1.29 is 65.5 Å². The molecule has 564 valence electrons. The number of carbonyl (C=O) groups excluding carboxylic acids is 4. The van der Waals surface area contributed by atoms with E-state index in [2.05, 4.69) is 86.7 Å². The largest absolute Gasteiger partial charge is 0.490 e. The molecule has 2 spiro atoms. The van der Waals surface area contributed by atoms with Crippen molar-refractivity contribution in [3.05, 3.63) is 164 Å². The number of carbonyl (C=O) groups is 4. The summed E-state index contributed by atoms with van der Waals surface area (Å²) < 4.78 is 95.2. The van der Waals surface area contributed by atoms with Gasteiger partial charge in [-0.15, -0.1) is 18.9 Å². The minimum atomic E-state index is -3.72. The summed E-state index contributed by atoms with van der Waals surface area (Å²) in [6.45, 7) is 9.33. The third kappa shape index (κ3) is 15.1. The number of hydrogen-bond acceptors (Lipinski definition) is 18. The highest BCUT2D eigenvalue weighted by atomic mass is 35.5. The lowest BCUT2D eigenvalue weighted by Gasteiger charge is -2.44. The van der Waals surface area contributed by atoms with Crippen LogP contribution in [0, 0.1) is 35.5 Å². The highest BCUT2D eigenvalue weighted by Gasteiger charge is 2.47. The maximum Gasteiger partial charge on any atom is 0.286 e. The number of fused-ring (bicyclic) bond motifs is 10. The van der Waals surface area contributed by atoms with Crippen LogP contribution in [0.4, 0.5) is 11.4 Å². The summed E-state index contributed by atoms with van der Waals surface area (Å²) in [6.07, 6.45) is 20.1. The molecule has 4 bridgehead atoms. The molecule has 4 aliphatic carbocycles. The quantitative estimate of drug-likeness (QED) is 0.147. The maximum atomic E-state index is 14.9. The van der Waals surface area contributed by atoms with Crippen molar-refractivity contribution in [3.63, 3.8) is 0 Å². The maximum absolute atomic E-state index is 14.9. The number of anilines is 2. The Morgan fingerprint density at radius 1 is 0.566 bits per heavy atom. The Morgan fingerprint density at radius 2 is 0.991 bits per heavy atom. The van der Waals surface area contributed by atoms with Gasteiger partial charge in [0.25, 0.3) is 23.6 Å². The minimum Gasteiger partial charge on any atom is -0.490 e. The van der Waals surface area contributed by atoms with E-state index in [0.717, 1.165) is 98.7 Å². The number of aryl methyl sites for hydroxylation is 4. The van der Waals surface area contributed by atoms with Crippen LogP contribution in [0.25, 0.3) is 0 Å². The molecular formula is C78H92Cl2N10O14S2. The summed E-state index contributed by atoms with van der Waals surface area (Å²) in [5.74, 6) is -0.992. The van der Waals surface area contributed by atoms with Gasteiger partial charge in [0.05, 0.1) is 88.9 Å². The number of methoxy groups -OCH3 is 2. The molecule has 10 aliphatic rings. The number of amides is 4. The summed E-state index contributed by atoms with van der Waals surface area (Å²) in [6, 6.07) is 23.0. The van der Waals surface area contributed by atoms with E-state index in [-0.39, 0.29) is 68.6 Å². The number of hydrogen-bond donors (Lipinski definition) is 2. The van der Waals surface area contributed by atoms with Crippen LogP contribution >= 0.6 is 23.2 Å². The summed E-state index contributed by atoms with van der Waals surface area (Å²) in [5, 5.41) is 9.79. The average molecular weight is 1530 g/mol. The van der Waals surface area contributed by atoms with E-state index in [1.54, 1.807) is 26.2 Å². The Morgan fingerprint density at radius 3 is 1.40 bits per heavy atom. The number of aromatic nitrogens is 4. The van der Waals surface area contributed by atoms with E-state index >= 15 is 0 Å². The van der Waals surface area contributed by atoms with Crippen molar-refractivity contribution in [1.82, 2.24) is 29.0 Å². The zero-order chi connectivity index (χ0) is 73.8. The van der Waals surface area contributed by atoms with Gasteiger partial charge in [0.1, 0.15) is 54.7 Å². The number of nitrogens with zero attached hydrogens (tertiary/aromatic N) is 8. The lowest BCUT2D eigenvalue weighted by molar-refractivity contribution is -0.136. The van der Waals surface area contributed by atoms with Crippen LogP contribution in [-0.4, -0.2) is 168 Å². The van der Waals surface area contributed by atoms with E-state index in [4.69, 9.17) is 61.1 Å². The van der Waals surface area contributed by atoms with Gasteiger partial charge in [0, 0.05) is 84.7 Å². The monoisotopic (exact) mass is 1530 g/mol. The fourth-order valence-corrected chi connectivity index (χ4v) is 21.7. The van der Waals surface area contributed by atoms with Crippen molar-refractivity contribution in [1.29, 1.82) is 0 Å². The van der Waals surface area contributed by atoms with Crippen LogP contribution in [0.2, 0.25) is 10.0 Å². The second kappa shape index (κ2) is 30.3. The normalized spacial score (nSPS) is 31.7. The number of halogens is 2. The summed E-state index contributed by atoms with van der Waals surface area (Å²) >= 11 is 12.9. The van der Waals surface area contributed by atoms with Gasteiger partial charge in [-0.05, 0) is 183 Å². The number of allylic oxidation sites excluding steroid dienone is 2. The number of nitrogens with one attached hydrogen (secondary N) is 2. The second-order valence-electron chi connectivity index (χ2n) is 30.4. The zero-order valence-electron chi connectivity index (χ0n) is 60.6. The van der Waals surface area contributed by atoms with E-state index in [0.29, 0.717) is 87.9 Å². The van der Waals surface area contributed by atoms with Crippen molar-refractivity contribution in [3.8, 4) is 23.3 Å². The van der Waals surface area contributed by atoms with Crippen molar-refractivity contribution in [2.75, 3.05) is 101 Å². The topological polar surface area (TPSA) is 267 Å². The van der Waals surface area contributed by atoms with Crippen LogP contribution in [0.3, 0.4) is 0 Å². The zero-order valence-corrected chi connectivity index (χ0v) is 63.7. The molecular weight excluding hydrogens is 1440 g/mol. The van der Waals surface area contributed by atoms with Gasteiger partial charge in [-0.2, -0.15) is 0 Å². The lowest BCUT2D eigenvalue weighted by Crippen LogP contribution is -2.48. The fourth-order valence-electron chi connectivity index (χ4n) is 17.6. The van der Waals surface area contributed by atoms with Crippen molar-refractivity contribution in [2.24, 2.45) is 58.3 Å². The average Bonchev–Trinajstić information content (AvgIpc) is 1.51. The summed E-state index contributed by atoms with van der Waals surface area (Å²) in [4.78, 5) is 60.4. The molecule has 4 amide bonds. The van der Waals surface area contributed by atoms with Crippen LogP contribution in [0.5, 0.6) is 23.3 Å². The van der Waals surface area contributed by atoms with Gasteiger partial charge in [0.15, 0.2) is 0 Å². The molecule has 28 heteroatoms. The van der Waals surface area contributed by atoms with Crippen molar-refractivity contribution >= 4 is 78.0 Å². The first-order chi connectivity index (χ1) is 51.1. The van der Waals surface area contributed by atoms with Crippen LogP contribution < -0.4 is 38.2 Å². The fraction of sp³-hybridized carbons (Fsp3) is 0.513. The van der Waals surface area contributed by atoms with Gasteiger partial charge < -0.3 is 47.7 Å². The molecule has 8 heterocycles. The molecule has 14 atom stereocenters. The molecule has 16 rings (SSSR count). The molecule has 2 unspecified atom stereocenters. The highest BCUT2D eigenvalue weighted by molar-refractivity contribution is 7.92. The standard InChI is InChI=1S/2C39H46ClN5O7S/c2*1-24-21-53(48,43-37(47)30-20-44(2)41-38(30)49-3)42-36(46)27-9-12-33-32(18-27)45(19-28-7-6-25(28)8-13-34-35(24)51-16-15-50-34)22-39(23-52-33)14-4-5-26-17-29(40)10-11-31(26)39/h2*8-13,17-18,20,24-25,28,34-35H,4-7,14-16,19,21-23H2,1-3H3,(H,42,43,46,47,48)/b2*13-8+/t24-,25+,28+,34+,35-,39+,53?;24-,25+,28+,34-,35-,39+,53?/m11/s1. The third-order valence-electron chi connectivity index (χ3n) is 23.1. The molecule has 0 radical (unpaired) electrons. The SMILES string of the molecule is COc1nn(C)cc1C(=O)NS1(=O)=NC(=O)c2ccc3c(c2)N(C[C@@H]2CC[C@H]2/C=C/[C@@H]2OCCO[C@@H]2[C@H](C)C1)C[C@@]1(CCCc2cc(Cl)ccc21)CO3.COc1nn(C)cc1C(=O)NS1(=O)=NC(=O)c2ccc3c(c2)N(C[C@@H]2CC[C@H]2/C=C/[C@H]2OCCO[C@@H]2[C@H](C)C1)C[C@@]1(CCCc2cc(Cl)ccc21)CO3. The molecule has 6 aromatic rings. The highest BCUT2D eigenvalue weighted by Crippen LogP contribution is 2.50. The molecule has 2 N–H and O–H groups in total. The van der Waals surface area contributed by atoms with E-state index < -0.39 is 67.5 Å². The van der Waals surface area contributed by atoms with Crippen LogP contribution in [0.15, 0.2) is 118 Å². The first kappa shape index (κ1) is 73.7. The molecule has 6 aliphatic heterocycles. The Balaban J connectivity index is 0.000000170. The Hall–Kier alpha value is -7.82. The van der Waals surface area contributed by atoms with E-state index in [1.165, 1.54) is 58.2 Å².